The number of carbonyl (C=O) groups is 1. The Morgan fingerprint density at radius 3 is 2.39 bits per heavy atom. The molecule has 0 aliphatic rings. The smallest absolute Gasteiger partial charge is 0.266 e. The molecule has 1 amide bonds. The van der Waals surface area contributed by atoms with Gasteiger partial charge in [-0.2, -0.15) is 0 Å². The predicted octanol–water partition coefficient (Wildman–Crippen LogP) is 7.54. The summed E-state index contributed by atoms with van der Waals surface area (Å²) >= 11 is 12.7. The number of hydrogen-bond donors (Lipinski definition) is 0. The fourth-order valence-corrected chi connectivity index (χ4v) is 5.56. The molecule has 1 unspecified atom stereocenters. The summed E-state index contributed by atoms with van der Waals surface area (Å²) in [6.45, 7) is 2.35. The van der Waals surface area contributed by atoms with Gasteiger partial charge in [-0.05, 0) is 60.9 Å². The van der Waals surface area contributed by atoms with E-state index in [4.69, 9.17) is 32.9 Å². The molecule has 6 nitrogen and oxygen atoms in total. The normalized spacial score (nSPS) is 11.8. The van der Waals surface area contributed by atoms with E-state index in [1.807, 2.05) is 73.7 Å². The Morgan fingerprint density at radius 1 is 0.951 bits per heavy atom. The van der Waals surface area contributed by atoms with E-state index in [-0.39, 0.29) is 16.5 Å². The van der Waals surface area contributed by atoms with Crippen LogP contribution in [0.1, 0.15) is 41.1 Å². The quantitative estimate of drug-likeness (QED) is 0.179. The molecular weight excluding hydrogens is 557 g/mol. The van der Waals surface area contributed by atoms with Gasteiger partial charge in [0.25, 0.3) is 11.5 Å². The summed E-state index contributed by atoms with van der Waals surface area (Å²) in [4.78, 5) is 35.1. The third kappa shape index (κ3) is 5.85. The van der Waals surface area contributed by atoms with Crippen molar-refractivity contribution in [3.63, 3.8) is 0 Å². The highest BCUT2D eigenvalue weighted by molar-refractivity contribution is 6.36. The van der Waals surface area contributed by atoms with Gasteiger partial charge in [-0.1, -0.05) is 84.7 Å². The molecule has 1 heterocycles. The topological polar surface area (TPSA) is 64.4 Å². The van der Waals surface area contributed by atoms with Crippen molar-refractivity contribution in [3.05, 3.63) is 134 Å². The van der Waals surface area contributed by atoms with Crippen LogP contribution in [0.15, 0.2) is 102 Å². The van der Waals surface area contributed by atoms with Crippen molar-refractivity contribution in [2.45, 2.75) is 25.8 Å². The molecule has 0 aliphatic heterocycles. The first-order valence-corrected chi connectivity index (χ1v) is 14.1. The lowest BCUT2D eigenvalue weighted by Gasteiger charge is -2.33. The molecule has 5 aromatic rings. The van der Waals surface area contributed by atoms with Crippen LogP contribution in [0.4, 0.5) is 0 Å². The first-order chi connectivity index (χ1) is 19.9. The fourth-order valence-electron chi connectivity index (χ4n) is 5.07. The number of hydrogen-bond acceptors (Lipinski definition) is 4. The number of benzene rings is 4. The summed E-state index contributed by atoms with van der Waals surface area (Å²) in [7, 11) is 1.56. The number of amides is 1. The number of fused-ring (bicyclic) bond motifs is 1. The van der Waals surface area contributed by atoms with E-state index >= 15 is 0 Å². The van der Waals surface area contributed by atoms with Gasteiger partial charge in [-0.3, -0.25) is 14.2 Å². The summed E-state index contributed by atoms with van der Waals surface area (Å²) in [5.74, 6) is 0.682. The largest absolute Gasteiger partial charge is 0.495 e. The molecule has 0 spiro atoms. The van der Waals surface area contributed by atoms with Crippen molar-refractivity contribution in [2.75, 3.05) is 13.7 Å². The number of para-hydroxylation sites is 3. The minimum absolute atomic E-state index is 0.242. The van der Waals surface area contributed by atoms with Gasteiger partial charge in [0.1, 0.15) is 11.6 Å². The number of rotatable bonds is 9. The average Bonchev–Trinajstić information content (AvgIpc) is 2.99. The van der Waals surface area contributed by atoms with Crippen molar-refractivity contribution in [2.24, 2.45) is 0 Å². The molecular formula is C33H29Cl2N3O3. The second-order valence-electron chi connectivity index (χ2n) is 9.58. The van der Waals surface area contributed by atoms with Gasteiger partial charge < -0.3 is 9.64 Å². The van der Waals surface area contributed by atoms with Gasteiger partial charge >= 0.3 is 0 Å². The van der Waals surface area contributed by atoms with Crippen LogP contribution in [0.25, 0.3) is 16.6 Å². The number of ether oxygens (including phenoxy) is 1. The molecule has 0 saturated carbocycles. The highest BCUT2D eigenvalue weighted by atomic mass is 35.5. The Hall–Kier alpha value is -4.13. The number of halogens is 2. The van der Waals surface area contributed by atoms with Crippen molar-refractivity contribution >= 4 is 40.0 Å². The second-order valence-corrected chi connectivity index (χ2v) is 10.4. The number of carbonyl (C=O) groups excluding carboxylic acids is 1. The molecule has 208 valence electrons. The summed E-state index contributed by atoms with van der Waals surface area (Å²) < 4.78 is 7.22. The van der Waals surface area contributed by atoms with Crippen LogP contribution >= 0.6 is 23.2 Å². The first kappa shape index (κ1) is 28.4. The minimum Gasteiger partial charge on any atom is -0.495 e. The van der Waals surface area contributed by atoms with Gasteiger partial charge in [0.2, 0.25) is 0 Å². The average molecular weight is 587 g/mol. The summed E-state index contributed by atoms with van der Waals surface area (Å²) in [6, 6.07) is 28.8. The standard InChI is InChI=1S/C33H29Cl2N3O3/c1-3-28(37(20-19-22-11-5-4-6-12-22)32(39)24-18-17-23(34)21-26(24)35)31-36-27-14-8-7-13-25(27)33(40)38(31)29-15-9-10-16-30(29)41-2/h4-18,21,28H,3,19-20H2,1-2H3. The molecule has 41 heavy (non-hydrogen) atoms. The molecule has 0 radical (unpaired) electrons. The van der Waals surface area contributed by atoms with Crippen LogP contribution in [0.5, 0.6) is 5.75 Å². The highest BCUT2D eigenvalue weighted by Gasteiger charge is 2.31. The molecule has 0 N–H and O–H groups in total. The Kier molecular flexibility index (Phi) is 8.72. The van der Waals surface area contributed by atoms with Crippen LogP contribution in [-0.4, -0.2) is 34.0 Å². The zero-order chi connectivity index (χ0) is 28.9. The van der Waals surface area contributed by atoms with E-state index in [0.29, 0.717) is 58.1 Å². The predicted molar refractivity (Wildman–Crippen MR) is 165 cm³/mol. The van der Waals surface area contributed by atoms with Crippen molar-refractivity contribution in [1.29, 1.82) is 0 Å². The molecule has 4 aromatic carbocycles. The third-order valence-corrected chi connectivity index (χ3v) is 7.64. The van der Waals surface area contributed by atoms with Crippen LogP contribution in [0.2, 0.25) is 10.0 Å². The summed E-state index contributed by atoms with van der Waals surface area (Å²) in [5, 5.41) is 1.17. The Morgan fingerprint density at radius 2 is 1.66 bits per heavy atom. The molecule has 0 aliphatic carbocycles. The zero-order valence-electron chi connectivity index (χ0n) is 22.8. The lowest BCUT2D eigenvalue weighted by Crippen LogP contribution is -2.40. The Labute approximate surface area is 248 Å². The molecule has 1 aromatic heterocycles. The molecule has 0 saturated heterocycles. The Balaban J connectivity index is 1.72. The maximum atomic E-state index is 14.2. The van der Waals surface area contributed by atoms with Gasteiger partial charge in [-0.15, -0.1) is 0 Å². The Bertz CT molecular complexity index is 1750. The SMILES string of the molecule is CCC(c1nc2ccccc2c(=O)n1-c1ccccc1OC)N(CCc1ccccc1)C(=O)c1ccc(Cl)cc1Cl. The van der Waals surface area contributed by atoms with Crippen LogP contribution in [0.3, 0.4) is 0 Å². The van der Waals surface area contributed by atoms with Crippen molar-refractivity contribution in [1.82, 2.24) is 14.5 Å². The van der Waals surface area contributed by atoms with E-state index in [2.05, 4.69) is 0 Å². The first-order valence-electron chi connectivity index (χ1n) is 13.4. The van der Waals surface area contributed by atoms with Crippen LogP contribution in [0, 0.1) is 0 Å². The van der Waals surface area contributed by atoms with Gasteiger partial charge in [0, 0.05) is 11.6 Å². The van der Waals surface area contributed by atoms with E-state index < -0.39 is 6.04 Å². The van der Waals surface area contributed by atoms with Crippen molar-refractivity contribution < 1.29 is 9.53 Å². The van der Waals surface area contributed by atoms with E-state index in [0.717, 1.165) is 5.56 Å². The summed E-state index contributed by atoms with van der Waals surface area (Å²) in [6.07, 6.45) is 1.09. The third-order valence-electron chi connectivity index (χ3n) is 7.10. The molecule has 0 bridgehead atoms. The number of nitrogens with zero attached hydrogens (tertiary/aromatic N) is 3. The monoisotopic (exact) mass is 585 g/mol. The zero-order valence-corrected chi connectivity index (χ0v) is 24.3. The minimum atomic E-state index is -0.569. The summed E-state index contributed by atoms with van der Waals surface area (Å²) in [5.41, 5.74) is 2.27. The maximum absolute atomic E-state index is 14.2. The van der Waals surface area contributed by atoms with E-state index in [1.54, 1.807) is 46.9 Å². The van der Waals surface area contributed by atoms with Crippen LogP contribution in [-0.2, 0) is 6.42 Å². The number of methoxy groups -OCH3 is 1. The molecule has 5 rings (SSSR count). The molecule has 8 heteroatoms. The molecule has 1 atom stereocenters. The van der Waals surface area contributed by atoms with Crippen molar-refractivity contribution in [3.8, 4) is 11.4 Å². The maximum Gasteiger partial charge on any atom is 0.266 e. The van der Waals surface area contributed by atoms with Gasteiger partial charge in [-0.25, -0.2) is 4.98 Å². The van der Waals surface area contributed by atoms with Gasteiger partial charge in [0.15, 0.2) is 0 Å². The fraction of sp³-hybridized carbons (Fsp3) is 0.182. The van der Waals surface area contributed by atoms with Crippen LogP contribution < -0.4 is 10.3 Å². The number of aromatic nitrogens is 2. The second kappa shape index (κ2) is 12.6. The highest BCUT2D eigenvalue weighted by Crippen LogP contribution is 2.32. The molecule has 0 fully saturated rings. The van der Waals surface area contributed by atoms with Gasteiger partial charge in [0.05, 0.1) is 40.3 Å². The lowest BCUT2D eigenvalue weighted by atomic mass is 10.1. The van der Waals surface area contributed by atoms with E-state index in [9.17, 15) is 9.59 Å². The lowest BCUT2D eigenvalue weighted by molar-refractivity contribution is 0.0662. The van der Waals surface area contributed by atoms with E-state index in [1.165, 1.54) is 0 Å².